The number of rotatable bonds is 5. The number of thioether (sulfide) groups is 1. The Morgan fingerprint density at radius 3 is 2.74 bits per heavy atom. The van der Waals surface area contributed by atoms with Crippen LogP contribution >= 0.6 is 23.1 Å². The molecule has 0 unspecified atom stereocenters. The van der Waals surface area contributed by atoms with E-state index < -0.39 is 0 Å². The number of aromatic nitrogens is 2. The van der Waals surface area contributed by atoms with Crippen molar-refractivity contribution < 1.29 is 14.0 Å². The van der Waals surface area contributed by atoms with Crippen LogP contribution in [-0.2, 0) is 9.59 Å². The van der Waals surface area contributed by atoms with Gasteiger partial charge in [0.25, 0.3) is 0 Å². The molecule has 4 rings (SSSR count). The van der Waals surface area contributed by atoms with Crippen molar-refractivity contribution in [3.63, 3.8) is 0 Å². The van der Waals surface area contributed by atoms with Crippen molar-refractivity contribution in [3.05, 3.63) is 42.5 Å². The number of anilines is 2. The van der Waals surface area contributed by atoms with Gasteiger partial charge in [0.1, 0.15) is 11.2 Å². The van der Waals surface area contributed by atoms with Crippen molar-refractivity contribution >= 4 is 67.7 Å². The summed E-state index contributed by atoms with van der Waals surface area (Å²) in [6.07, 6.45) is 0. The highest BCUT2D eigenvalue weighted by Gasteiger charge is 2.11. The molecule has 2 heterocycles. The Labute approximate surface area is 162 Å². The number of nitrogens with one attached hydrogen (secondary N) is 2. The van der Waals surface area contributed by atoms with Crippen LogP contribution in [0.15, 0.2) is 51.2 Å². The van der Waals surface area contributed by atoms with Crippen LogP contribution in [0.4, 0.5) is 10.8 Å². The number of furan rings is 1. The molecule has 0 aliphatic heterocycles. The van der Waals surface area contributed by atoms with Crippen LogP contribution in [0.5, 0.6) is 0 Å². The second kappa shape index (κ2) is 7.37. The summed E-state index contributed by atoms with van der Waals surface area (Å²) >= 11 is 2.49. The van der Waals surface area contributed by atoms with Crippen LogP contribution in [0.25, 0.3) is 21.9 Å². The molecular weight excluding hydrogens is 384 g/mol. The molecule has 0 fully saturated rings. The third-order valence-corrected chi connectivity index (χ3v) is 5.65. The van der Waals surface area contributed by atoms with Crippen LogP contribution in [-0.4, -0.2) is 27.8 Å². The molecule has 0 bridgehead atoms. The summed E-state index contributed by atoms with van der Waals surface area (Å²) in [5.41, 5.74) is 2.21. The van der Waals surface area contributed by atoms with Gasteiger partial charge in [-0.05, 0) is 18.2 Å². The van der Waals surface area contributed by atoms with Gasteiger partial charge in [-0.2, -0.15) is 0 Å². The molecule has 27 heavy (non-hydrogen) atoms. The average Bonchev–Trinajstić information content (AvgIpc) is 3.23. The number of carbonyl (C=O) groups excluding carboxylic acids is 2. The third-order valence-electron chi connectivity index (χ3n) is 3.68. The Morgan fingerprint density at radius 2 is 1.89 bits per heavy atom. The maximum absolute atomic E-state index is 12.2. The van der Waals surface area contributed by atoms with Gasteiger partial charge in [0.05, 0.1) is 5.75 Å². The Balaban J connectivity index is 1.41. The summed E-state index contributed by atoms with van der Waals surface area (Å²) in [6, 6.07) is 13.4. The summed E-state index contributed by atoms with van der Waals surface area (Å²) in [5.74, 6) is -0.180. The summed E-state index contributed by atoms with van der Waals surface area (Å²) in [5, 5.41) is 15.7. The SMILES string of the molecule is CC(=O)Nc1nnc(SCC(=O)Nc2ccc3c(c2)oc2ccccc23)s1. The zero-order chi connectivity index (χ0) is 18.8. The third kappa shape index (κ3) is 3.93. The first-order valence-electron chi connectivity index (χ1n) is 8.03. The van der Waals surface area contributed by atoms with E-state index >= 15 is 0 Å². The number of hydrogen-bond acceptors (Lipinski definition) is 7. The largest absolute Gasteiger partial charge is 0.456 e. The van der Waals surface area contributed by atoms with Gasteiger partial charge in [-0.3, -0.25) is 9.59 Å². The van der Waals surface area contributed by atoms with Crippen LogP contribution in [0.3, 0.4) is 0 Å². The molecule has 0 saturated carbocycles. The summed E-state index contributed by atoms with van der Waals surface area (Å²) in [4.78, 5) is 23.2. The summed E-state index contributed by atoms with van der Waals surface area (Å²) in [6.45, 7) is 1.40. The molecule has 0 saturated heterocycles. The lowest BCUT2D eigenvalue weighted by Gasteiger charge is -2.03. The van der Waals surface area contributed by atoms with E-state index in [4.69, 9.17) is 4.42 Å². The topological polar surface area (TPSA) is 97.1 Å². The average molecular weight is 398 g/mol. The summed E-state index contributed by atoms with van der Waals surface area (Å²) in [7, 11) is 0. The second-order valence-corrected chi connectivity index (χ2v) is 7.90. The highest BCUT2D eigenvalue weighted by molar-refractivity contribution is 8.01. The van der Waals surface area contributed by atoms with Gasteiger partial charge in [-0.25, -0.2) is 0 Å². The van der Waals surface area contributed by atoms with E-state index in [9.17, 15) is 9.59 Å². The number of hydrogen-bond donors (Lipinski definition) is 2. The molecule has 0 spiro atoms. The Hall–Kier alpha value is -2.91. The van der Waals surface area contributed by atoms with Gasteiger partial charge >= 0.3 is 0 Å². The molecular formula is C18H14N4O3S2. The fourth-order valence-corrected chi connectivity index (χ4v) is 4.20. The van der Waals surface area contributed by atoms with E-state index in [0.29, 0.717) is 15.2 Å². The standard InChI is InChI=1S/C18H14N4O3S2/c1-10(23)19-17-21-22-18(27-17)26-9-16(24)20-11-6-7-13-12-4-2-3-5-14(12)25-15(13)8-11/h2-8H,9H2,1H3,(H,20,24)(H,19,21,23). The lowest BCUT2D eigenvalue weighted by molar-refractivity contribution is -0.114. The molecule has 4 aromatic rings. The van der Waals surface area contributed by atoms with E-state index in [1.807, 2.05) is 42.5 Å². The predicted octanol–water partition coefficient (Wildman–Crippen LogP) is 4.13. The molecule has 136 valence electrons. The smallest absolute Gasteiger partial charge is 0.234 e. The number of fused-ring (bicyclic) bond motifs is 3. The molecule has 0 atom stereocenters. The van der Waals surface area contributed by atoms with Gasteiger partial charge in [0, 0.05) is 29.4 Å². The van der Waals surface area contributed by atoms with Crippen LogP contribution in [0.2, 0.25) is 0 Å². The van der Waals surface area contributed by atoms with E-state index in [2.05, 4.69) is 20.8 Å². The van der Waals surface area contributed by atoms with E-state index in [1.165, 1.54) is 30.0 Å². The van der Waals surface area contributed by atoms with Crippen molar-refractivity contribution in [1.29, 1.82) is 0 Å². The monoisotopic (exact) mass is 398 g/mol. The molecule has 2 amide bonds. The first kappa shape index (κ1) is 17.5. The molecule has 2 aromatic carbocycles. The minimum absolute atomic E-state index is 0.160. The van der Waals surface area contributed by atoms with Crippen molar-refractivity contribution in [2.24, 2.45) is 0 Å². The maximum Gasteiger partial charge on any atom is 0.234 e. The molecule has 9 heteroatoms. The van der Waals surface area contributed by atoms with Gasteiger partial charge < -0.3 is 15.1 Å². The molecule has 7 nitrogen and oxygen atoms in total. The Bertz CT molecular complexity index is 1150. The lowest BCUT2D eigenvalue weighted by Crippen LogP contribution is -2.13. The molecule has 0 aliphatic rings. The highest BCUT2D eigenvalue weighted by atomic mass is 32.2. The molecule has 2 N–H and O–H groups in total. The van der Waals surface area contributed by atoms with E-state index in [-0.39, 0.29) is 17.6 Å². The molecule has 0 radical (unpaired) electrons. The van der Waals surface area contributed by atoms with Crippen LogP contribution in [0.1, 0.15) is 6.92 Å². The lowest BCUT2D eigenvalue weighted by atomic mass is 10.1. The van der Waals surface area contributed by atoms with Gasteiger partial charge in [-0.15, -0.1) is 10.2 Å². The fraction of sp³-hybridized carbons (Fsp3) is 0.111. The first-order valence-corrected chi connectivity index (χ1v) is 9.84. The maximum atomic E-state index is 12.2. The number of amides is 2. The minimum Gasteiger partial charge on any atom is -0.456 e. The van der Waals surface area contributed by atoms with Crippen molar-refractivity contribution in [2.45, 2.75) is 11.3 Å². The highest BCUT2D eigenvalue weighted by Crippen LogP contribution is 2.30. The number of nitrogens with zero attached hydrogens (tertiary/aromatic N) is 2. The zero-order valence-electron chi connectivity index (χ0n) is 14.2. The van der Waals surface area contributed by atoms with Gasteiger partial charge in [0.2, 0.25) is 16.9 Å². The van der Waals surface area contributed by atoms with Crippen molar-refractivity contribution in [1.82, 2.24) is 10.2 Å². The van der Waals surface area contributed by atoms with Crippen molar-refractivity contribution in [2.75, 3.05) is 16.4 Å². The van der Waals surface area contributed by atoms with Gasteiger partial charge in [0.15, 0.2) is 4.34 Å². The number of carbonyl (C=O) groups is 2. The molecule has 0 aliphatic carbocycles. The Kier molecular flexibility index (Phi) is 4.78. The Morgan fingerprint density at radius 1 is 1.07 bits per heavy atom. The number of benzene rings is 2. The minimum atomic E-state index is -0.207. The van der Waals surface area contributed by atoms with Crippen molar-refractivity contribution in [3.8, 4) is 0 Å². The van der Waals surface area contributed by atoms with E-state index in [1.54, 1.807) is 0 Å². The van der Waals surface area contributed by atoms with Gasteiger partial charge in [-0.1, -0.05) is 41.3 Å². The van der Waals surface area contributed by atoms with Crippen LogP contribution < -0.4 is 10.6 Å². The quantitative estimate of drug-likeness (QED) is 0.388. The predicted molar refractivity (Wildman–Crippen MR) is 107 cm³/mol. The summed E-state index contributed by atoms with van der Waals surface area (Å²) < 4.78 is 6.44. The normalized spacial score (nSPS) is 11.0. The molecule has 2 aromatic heterocycles. The van der Waals surface area contributed by atoms with E-state index in [0.717, 1.165) is 21.9 Å². The first-order chi connectivity index (χ1) is 13.1. The number of para-hydroxylation sites is 1. The fourth-order valence-electron chi connectivity index (χ4n) is 2.60. The second-order valence-electron chi connectivity index (χ2n) is 5.70. The zero-order valence-corrected chi connectivity index (χ0v) is 15.8. The van der Waals surface area contributed by atoms with Crippen LogP contribution in [0, 0.1) is 0 Å².